The first-order valence-corrected chi connectivity index (χ1v) is 9.08. The maximum atomic E-state index is 12.1. The molecule has 4 heteroatoms. The maximum Gasteiger partial charge on any atom is 0.234 e. The molecule has 2 fully saturated rings. The normalized spacial score (nSPS) is 22.5. The topological polar surface area (TPSA) is 23.6 Å². The summed E-state index contributed by atoms with van der Waals surface area (Å²) in [5.74, 6) is 7.26. The van der Waals surface area contributed by atoms with Gasteiger partial charge in [-0.2, -0.15) is 0 Å². The van der Waals surface area contributed by atoms with Crippen molar-refractivity contribution in [1.29, 1.82) is 0 Å². The molecule has 0 radical (unpaired) electrons. The predicted octanol–water partition coefficient (Wildman–Crippen LogP) is 2.43. The number of hydrogen-bond acceptors (Lipinski definition) is 3. The summed E-state index contributed by atoms with van der Waals surface area (Å²) in [6.45, 7) is 4.14. The van der Waals surface area contributed by atoms with Gasteiger partial charge in [-0.3, -0.25) is 4.79 Å². The van der Waals surface area contributed by atoms with E-state index in [-0.39, 0.29) is 11.3 Å². The first kappa shape index (κ1) is 15.5. The zero-order chi connectivity index (χ0) is 15.2. The van der Waals surface area contributed by atoms with Crippen LogP contribution in [0.1, 0.15) is 24.8 Å². The lowest BCUT2D eigenvalue weighted by Gasteiger charge is -2.29. The number of amides is 1. The minimum absolute atomic E-state index is 0.0116. The van der Waals surface area contributed by atoms with Crippen molar-refractivity contribution < 1.29 is 4.79 Å². The number of likely N-dealkylation sites (tertiary alicyclic amines) is 1. The largest absolute Gasteiger partial charge is 0.318 e. The van der Waals surface area contributed by atoms with Crippen LogP contribution in [-0.4, -0.2) is 53.0 Å². The van der Waals surface area contributed by atoms with E-state index in [1.165, 1.54) is 32.4 Å². The van der Waals surface area contributed by atoms with Gasteiger partial charge < -0.3 is 9.80 Å². The van der Waals surface area contributed by atoms with Gasteiger partial charge in [0.2, 0.25) is 5.91 Å². The summed E-state index contributed by atoms with van der Waals surface area (Å²) in [5.41, 5.74) is 1.01. The number of nitrogens with zero attached hydrogens (tertiary/aromatic N) is 2. The molecule has 1 aromatic carbocycles. The average Bonchev–Trinajstić information content (AvgIpc) is 2.93. The van der Waals surface area contributed by atoms with E-state index < -0.39 is 0 Å². The molecule has 1 aromatic rings. The van der Waals surface area contributed by atoms with E-state index in [1.807, 2.05) is 35.2 Å². The Bertz CT molecular complexity index is 557. The van der Waals surface area contributed by atoms with Crippen molar-refractivity contribution in [3.05, 3.63) is 35.9 Å². The van der Waals surface area contributed by atoms with Gasteiger partial charge >= 0.3 is 0 Å². The van der Waals surface area contributed by atoms with Crippen LogP contribution in [0.5, 0.6) is 0 Å². The van der Waals surface area contributed by atoms with Gasteiger partial charge in [0, 0.05) is 18.7 Å². The third-order valence-corrected chi connectivity index (χ3v) is 5.29. The van der Waals surface area contributed by atoms with Crippen molar-refractivity contribution in [3.63, 3.8) is 0 Å². The molecule has 0 saturated carbocycles. The summed E-state index contributed by atoms with van der Waals surface area (Å²) < 4.78 is 0. The van der Waals surface area contributed by atoms with E-state index in [0.717, 1.165) is 18.7 Å². The molecule has 1 unspecified atom stereocenters. The van der Waals surface area contributed by atoms with E-state index in [1.54, 1.807) is 11.8 Å². The quantitative estimate of drug-likeness (QED) is 0.801. The fourth-order valence-corrected chi connectivity index (χ4v) is 3.93. The number of piperidine rings is 1. The smallest absolute Gasteiger partial charge is 0.234 e. The van der Waals surface area contributed by atoms with E-state index >= 15 is 0 Å². The Morgan fingerprint density at radius 3 is 2.64 bits per heavy atom. The van der Waals surface area contributed by atoms with Gasteiger partial charge in [0.1, 0.15) is 5.37 Å². The number of thioether (sulfide) groups is 1. The summed E-state index contributed by atoms with van der Waals surface area (Å²) in [7, 11) is 0. The van der Waals surface area contributed by atoms with Gasteiger partial charge in [-0.1, -0.05) is 36.5 Å². The summed E-state index contributed by atoms with van der Waals surface area (Å²) >= 11 is 1.65. The summed E-state index contributed by atoms with van der Waals surface area (Å²) in [6, 6.07) is 9.99. The lowest BCUT2D eigenvalue weighted by molar-refractivity contribution is -0.127. The molecule has 22 heavy (non-hydrogen) atoms. The monoisotopic (exact) mass is 314 g/mol. The fourth-order valence-electron chi connectivity index (χ4n) is 2.91. The van der Waals surface area contributed by atoms with E-state index in [4.69, 9.17) is 0 Å². The Hall–Kier alpha value is -1.44. The van der Waals surface area contributed by atoms with Crippen LogP contribution in [0.2, 0.25) is 0 Å². The molecule has 2 aliphatic heterocycles. The molecule has 0 spiro atoms. The number of hydrogen-bond donors (Lipinski definition) is 0. The molecule has 2 saturated heterocycles. The van der Waals surface area contributed by atoms with Gasteiger partial charge in [0.15, 0.2) is 0 Å². The molecule has 3 nitrogen and oxygen atoms in total. The number of carbonyl (C=O) groups is 1. The third kappa shape index (κ3) is 4.06. The molecule has 1 amide bonds. The first-order chi connectivity index (χ1) is 10.8. The highest BCUT2D eigenvalue weighted by molar-refractivity contribution is 8.01. The zero-order valence-electron chi connectivity index (χ0n) is 12.8. The van der Waals surface area contributed by atoms with Gasteiger partial charge in [-0.25, -0.2) is 0 Å². The highest BCUT2D eigenvalue weighted by Crippen LogP contribution is 2.24. The Labute approximate surface area is 137 Å². The lowest BCUT2D eigenvalue weighted by Crippen LogP contribution is -2.41. The second-order valence-electron chi connectivity index (χ2n) is 5.79. The Kier molecular flexibility index (Phi) is 5.42. The van der Waals surface area contributed by atoms with Crippen LogP contribution in [-0.2, 0) is 4.79 Å². The molecule has 116 valence electrons. The Morgan fingerprint density at radius 1 is 1.09 bits per heavy atom. The second-order valence-corrected chi connectivity index (χ2v) is 6.86. The van der Waals surface area contributed by atoms with Crippen LogP contribution in [0.3, 0.4) is 0 Å². The second kappa shape index (κ2) is 7.71. The molecule has 0 aliphatic carbocycles. The summed E-state index contributed by atoms with van der Waals surface area (Å²) in [4.78, 5) is 16.5. The van der Waals surface area contributed by atoms with Crippen LogP contribution < -0.4 is 0 Å². The number of benzene rings is 1. The van der Waals surface area contributed by atoms with Gasteiger partial charge in [0.25, 0.3) is 0 Å². The van der Waals surface area contributed by atoms with Crippen molar-refractivity contribution in [1.82, 2.24) is 9.80 Å². The van der Waals surface area contributed by atoms with E-state index in [0.29, 0.717) is 5.75 Å². The van der Waals surface area contributed by atoms with Crippen LogP contribution in [0.4, 0.5) is 0 Å². The van der Waals surface area contributed by atoms with Gasteiger partial charge in [0.05, 0.1) is 5.75 Å². The summed E-state index contributed by atoms with van der Waals surface area (Å²) in [5, 5.41) is 0.0116. The molecule has 2 aliphatic rings. The predicted molar refractivity (Wildman–Crippen MR) is 91.6 cm³/mol. The van der Waals surface area contributed by atoms with Crippen molar-refractivity contribution in [2.75, 3.05) is 31.9 Å². The molecule has 0 aromatic heterocycles. The van der Waals surface area contributed by atoms with E-state index in [9.17, 15) is 4.79 Å². The van der Waals surface area contributed by atoms with Crippen LogP contribution >= 0.6 is 11.8 Å². The Balaban J connectivity index is 1.58. The fraction of sp³-hybridized carbons (Fsp3) is 0.500. The maximum absolute atomic E-state index is 12.1. The lowest BCUT2D eigenvalue weighted by atomic mass is 10.1. The van der Waals surface area contributed by atoms with Crippen LogP contribution in [0.15, 0.2) is 30.3 Å². The minimum Gasteiger partial charge on any atom is -0.318 e. The highest BCUT2D eigenvalue weighted by atomic mass is 32.2. The van der Waals surface area contributed by atoms with Crippen molar-refractivity contribution in [3.8, 4) is 11.8 Å². The minimum atomic E-state index is 0.0116. The molecule has 0 N–H and O–H groups in total. The van der Waals surface area contributed by atoms with Crippen molar-refractivity contribution in [2.24, 2.45) is 0 Å². The molecule has 2 heterocycles. The Morgan fingerprint density at radius 2 is 1.86 bits per heavy atom. The number of carbonyl (C=O) groups excluding carboxylic acids is 1. The van der Waals surface area contributed by atoms with Crippen molar-refractivity contribution >= 4 is 17.7 Å². The zero-order valence-corrected chi connectivity index (χ0v) is 13.6. The molecule has 3 rings (SSSR count). The highest BCUT2D eigenvalue weighted by Gasteiger charge is 2.30. The van der Waals surface area contributed by atoms with E-state index in [2.05, 4.69) is 16.7 Å². The van der Waals surface area contributed by atoms with Crippen LogP contribution in [0.25, 0.3) is 0 Å². The molecule has 1 atom stereocenters. The van der Waals surface area contributed by atoms with Crippen molar-refractivity contribution in [2.45, 2.75) is 24.6 Å². The molecular formula is C18H22N2OS. The summed E-state index contributed by atoms with van der Waals surface area (Å²) in [6.07, 6.45) is 3.93. The SMILES string of the molecule is O=C1CSC(C#Cc2ccccc2)N1CCN1CCCCC1. The average molecular weight is 314 g/mol. The first-order valence-electron chi connectivity index (χ1n) is 8.03. The number of rotatable bonds is 3. The van der Waals surface area contributed by atoms with Crippen LogP contribution in [0, 0.1) is 11.8 Å². The molecular weight excluding hydrogens is 292 g/mol. The van der Waals surface area contributed by atoms with Gasteiger partial charge in [-0.05, 0) is 38.1 Å². The van der Waals surface area contributed by atoms with Gasteiger partial charge in [-0.15, -0.1) is 11.8 Å². The molecule has 0 bridgehead atoms. The standard InChI is InChI=1S/C18H22N2OS/c21-17-15-22-18(10-9-16-7-3-1-4-8-16)20(17)14-13-19-11-5-2-6-12-19/h1,3-4,7-8,18H,2,5-6,11-15H2. The third-order valence-electron chi connectivity index (χ3n) is 4.19.